The van der Waals surface area contributed by atoms with Crippen molar-refractivity contribution in [3.05, 3.63) is 28.2 Å². The molecule has 0 saturated heterocycles. The van der Waals surface area contributed by atoms with Crippen LogP contribution < -0.4 is 15.4 Å². The number of rotatable bonds is 5. The lowest BCUT2D eigenvalue weighted by Crippen LogP contribution is -2.37. The molecule has 0 spiro atoms. The molecule has 0 aromatic heterocycles. The number of carbonyl (C=O) groups is 1. The zero-order valence-electron chi connectivity index (χ0n) is 11.0. The zero-order chi connectivity index (χ0) is 14.3. The fourth-order valence-corrected chi connectivity index (χ4v) is 1.82. The topological polar surface area (TPSA) is 50.4 Å². The molecule has 0 radical (unpaired) electrons. The number of amides is 1. The highest BCUT2D eigenvalue weighted by Gasteiger charge is 2.14. The number of halogens is 1. The molecule has 0 bridgehead atoms. The third-order valence-corrected chi connectivity index (χ3v) is 3.20. The highest BCUT2D eigenvalue weighted by molar-refractivity contribution is 9.10. The Morgan fingerprint density at radius 1 is 1.47 bits per heavy atom. The molecule has 0 aliphatic carbocycles. The lowest BCUT2D eigenvalue weighted by atomic mass is 10.2. The number of unbranched alkanes of at least 4 members (excludes halogenated alkanes) is 1. The summed E-state index contributed by atoms with van der Waals surface area (Å²) >= 11 is 8.26. The molecule has 0 atom stereocenters. The van der Waals surface area contributed by atoms with E-state index in [0.29, 0.717) is 17.9 Å². The van der Waals surface area contributed by atoms with E-state index in [0.717, 1.165) is 17.3 Å². The molecule has 1 rings (SSSR count). The molecule has 0 heterocycles. The third kappa shape index (κ3) is 5.16. The Morgan fingerprint density at radius 3 is 2.84 bits per heavy atom. The lowest BCUT2D eigenvalue weighted by Gasteiger charge is -2.12. The van der Waals surface area contributed by atoms with Gasteiger partial charge in [0.15, 0.2) is 5.11 Å². The number of carbonyl (C=O) groups excluding carboxylic acids is 1. The van der Waals surface area contributed by atoms with Crippen molar-refractivity contribution in [3.63, 3.8) is 0 Å². The van der Waals surface area contributed by atoms with Crippen LogP contribution in [0.1, 0.15) is 30.1 Å². The van der Waals surface area contributed by atoms with E-state index in [1.165, 1.54) is 0 Å². The van der Waals surface area contributed by atoms with Crippen molar-refractivity contribution >= 4 is 39.2 Å². The number of thiocarbonyl (C=S) groups is 1. The second-order valence-corrected chi connectivity index (χ2v) is 5.20. The zero-order valence-corrected chi connectivity index (χ0v) is 13.4. The van der Waals surface area contributed by atoms with Crippen molar-refractivity contribution in [1.82, 2.24) is 10.6 Å². The molecule has 104 valence electrons. The third-order valence-electron chi connectivity index (χ3n) is 2.40. The minimum atomic E-state index is -0.285. The van der Waals surface area contributed by atoms with E-state index in [1.54, 1.807) is 19.2 Å². The summed E-state index contributed by atoms with van der Waals surface area (Å²) in [6, 6.07) is 5.33. The highest BCUT2D eigenvalue weighted by atomic mass is 79.9. The molecule has 0 aliphatic heterocycles. The van der Waals surface area contributed by atoms with Crippen molar-refractivity contribution in [3.8, 4) is 5.75 Å². The van der Waals surface area contributed by atoms with E-state index in [4.69, 9.17) is 17.0 Å². The van der Waals surface area contributed by atoms with Gasteiger partial charge in [-0.1, -0.05) is 29.3 Å². The Hall–Kier alpha value is -1.14. The van der Waals surface area contributed by atoms with Crippen molar-refractivity contribution < 1.29 is 9.53 Å². The van der Waals surface area contributed by atoms with Gasteiger partial charge in [0.1, 0.15) is 5.75 Å². The summed E-state index contributed by atoms with van der Waals surface area (Å²) in [7, 11) is 1.65. The quantitative estimate of drug-likeness (QED) is 0.637. The molecular weight excluding hydrogens is 328 g/mol. The summed E-state index contributed by atoms with van der Waals surface area (Å²) in [5, 5.41) is 5.57. The van der Waals surface area contributed by atoms with Crippen molar-refractivity contribution in [2.45, 2.75) is 19.8 Å². The molecule has 0 unspecified atom stereocenters. The second kappa shape index (κ2) is 8.12. The molecule has 0 aliphatic rings. The van der Waals surface area contributed by atoms with Crippen LogP contribution in [0.5, 0.6) is 5.75 Å². The smallest absolute Gasteiger partial charge is 0.261 e. The van der Waals surface area contributed by atoms with Crippen LogP contribution in [0.3, 0.4) is 0 Å². The van der Waals surface area contributed by atoms with Crippen molar-refractivity contribution in [2.24, 2.45) is 0 Å². The fourth-order valence-electron chi connectivity index (χ4n) is 1.36. The maximum absolute atomic E-state index is 12.1. The van der Waals surface area contributed by atoms with E-state index in [1.807, 2.05) is 6.07 Å². The largest absolute Gasteiger partial charge is 0.493 e. The highest BCUT2D eigenvalue weighted by Crippen LogP contribution is 2.23. The summed E-state index contributed by atoms with van der Waals surface area (Å²) in [5.74, 6) is 0.278. The summed E-state index contributed by atoms with van der Waals surface area (Å²) in [6.45, 7) is 2.68. The monoisotopic (exact) mass is 344 g/mol. The molecule has 4 nitrogen and oxygen atoms in total. The SMILES string of the molecule is CCCCOc1ccc(Br)cc1C(=O)NC(=S)NC. The Kier molecular flexibility index (Phi) is 6.80. The first-order valence-corrected chi connectivity index (χ1v) is 7.24. The Labute approximate surface area is 127 Å². The van der Waals surface area contributed by atoms with Gasteiger partial charge in [0.2, 0.25) is 0 Å². The van der Waals surface area contributed by atoms with Gasteiger partial charge in [-0.25, -0.2) is 0 Å². The van der Waals surface area contributed by atoms with Gasteiger partial charge in [-0.05, 0) is 36.8 Å². The normalized spacial score (nSPS) is 9.84. The molecule has 0 fully saturated rings. The van der Waals surface area contributed by atoms with Gasteiger partial charge in [-0.15, -0.1) is 0 Å². The molecule has 6 heteroatoms. The fraction of sp³-hybridized carbons (Fsp3) is 0.385. The summed E-state index contributed by atoms with van der Waals surface area (Å²) in [6.07, 6.45) is 1.99. The van der Waals surface area contributed by atoms with Crippen molar-refractivity contribution in [1.29, 1.82) is 0 Å². The Morgan fingerprint density at radius 2 is 2.21 bits per heavy atom. The predicted molar refractivity (Wildman–Crippen MR) is 83.7 cm³/mol. The van der Waals surface area contributed by atoms with Crippen molar-refractivity contribution in [2.75, 3.05) is 13.7 Å². The van der Waals surface area contributed by atoms with Crippen LogP contribution in [-0.2, 0) is 0 Å². The first-order chi connectivity index (χ1) is 9.08. The van der Waals surface area contributed by atoms with Gasteiger partial charge >= 0.3 is 0 Å². The first kappa shape index (κ1) is 15.9. The average molecular weight is 345 g/mol. The number of benzene rings is 1. The van der Waals surface area contributed by atoms with E-state index in [-0.39, 0.29) is 11.0 Å². The van der Waals surface area contributed by atoms with Crippen LogP contribution in [0.25, 0.3) is 0 Å². The van der Waals surface area contributed by atoms with Crippen LogP contribution in [0.4, 0.5) is 0 Å². The number of hydrogen-bond donors (Lipinski definition) is 2. The first-order valence-electron chi connectivity index (χ1n) is 6.04. The lowest BCUT2D eigenvalue weighted by molar-refractivity contribution is 0.0972. The minimum Gasteiger partial charge on any atom is -0.493 e. The molecule has 2 N–H and O–H groups in total. The summed E-state index contributed by atoms with van der Waals surface area (Å²) in [5.41, 5.74) is 0.461. The summed E-state index contributed by atoms with van der Waals surface area (Å²) < 4.78 is 6.44. The second-order valence-electron chi connectivity index (χ2n) is 3.88. The van der Waals surface area contributed by atoms with Gasteiger partial charge in [0.05, 0.1) is 12.2 Å². The van der Waals surface area contributed by atoms with E-state index >= 15 is 0 Å². The van der Waals surface area contributed by atoms with Gasteiger partial charge in [-0.2, -0.15) is 0 Å². The van der Waals surface area contributed by atoms with Gasteiger partial charge < -0.3 is 10.1 Å². The molecular formula is C13H17BrN2O2S. The molecule has 1 aromatic rings. The van der Waals surface area contributed by atoms with E-state index in [2.05, 4.69) is 33.5 Å². The maximum Gasteiger partial charge on any atom is 0.261 e. The average Bonchev–Trinajstić information content (AvgIpc) is 2.40. The van der Waals surface area contributed by atoms with Crippen LogP contribution in [-0.4, -0.2) is 24.7 Å². The number of nitrogens with one attached hydrogen (secondary N) is 2. The van der Waals surface area contributed by atoms with Crippen LogP contribution >= 0.6 is 28.1 Å². The standard InChI is InChI=1S/C13H17BrN2O2S/c1-3-4-7-18-11-6-5-9(14)8-10(11)12(17)16-13(19)15-2/h5-6,8H,3-4,7H2,1-2H3,(H2,15,16,17,19). The van der Waals surface area contributed by atoms with Gasteiger partial charge in [-0.3, -0.25) is 10.1 Å². The molecule has 0 saturated carbocycles. The van der Waals surface area contributed by atoms with Crippen LogP contribution in [0, 0.1) is 0 Å². The number of hydrogen-bond acceptors (Lipinski definition) is 3. The minimum absolute atomic E-state index is 0.282. The van der Waals surface area contributed by atoms with E-state index < -0.39 is 0 Å². The number of ether oxygens (including phenoxy) is 1. The maximum atomic E-state index is 12.1. The Balaban J connectivity index is 2.86. The molecule has 1 aromatic carbocycles. The molecule has 19 heavy (non-hydrogen) atoms. The Bertz CT molecular complexity index is 466. The van der Waals surface area contributed by atoms with Crippen LogP contribution in [0.2, 0.25) is 0 Å². The molecule has 1 amide bonds. The van der Waals surface area contributed by atoms with Gasteiger partial charge in [0, 0.05) is 11.5 Å². The summed E-state index contributed by atoms with van der Waals surface area (Å²) in [4.78, 5) is 12.1. The van der Waals surface area contributed by atoms with E-state index in [9.17, 15) is 4.79 Å². The van der Waals surface area contributed by atoms with Gasteiger partial charge in [0.25, 0.3) is 5.91 Å². The van der Waals surface area contributed by atoms with Crippen LogP contribution in [0.15, 0.2) is 22.7 Å². The predicted octanol–water partition coefficient (Wildman–Crippen LogP) is 2.86.